The second-order valence-electron chi connectivity index (χ2n) is 4.14. The molecule has 20 heavy (non-hydrogen) atoms. The number of fused-ring (bicyclic) bond motifs is 1. The maximum Gasteiger partial charge on any atom is 0.226 e. The van der Waals surface area contributed by atoms with E-state index in [9.17, 15) is 0 Å². The highest BCUT2D eigenvalue weighted by Gasteiger charge is 2.08. The van der Waals surface area contributed by atoms with Crippen LogP contribution in [0.25, 0.3) is 11.2 Å². The quantitative estimate of drug-likeness (QED) is 0.498. The van der Waals surface area contributed by atoms with Crippen molar-refractivity contribution in [2.75, 3.05) is 43.5 Å². The number of aliphatic hydroxyl groups is 1. The number of anilines is 2. The molecule has 8 nitrogen and oxygen atoms in total. The first-order chi connectivity index (χ1) is 9.85. The van der Waals surface area contributed by atoms with Crippen LogP contribution in [0.2, 0.25) is 0 Å². The van der Waals surface area contributed by atoms with Gasteiger partial charge in [0.05, 0.1) is 19.5 Å². The molecular formula is C12H20N6O2. The summed E-state index contributed by atoms with van der Waals surface area (Å²) in [5, 5.41) is 14.9. The Labute approximate surface area is 117 Å². The molecule has 0 spiro atoms. The minimum atomic E-state index is 0.0557. The van der Waals surface area contributed by atoms with Crippen LogP contribution in [0.15, 0.2) is 6.33 Å². The molecule has 0 aliphatic rings. The molecule has 0 aliphatic carbocycles. The fourth-order valence-electron chi connectivity index (χ4n) is 1.75. The van der Waals surface area contributed by atoms with Crippen molar-refractivity contribution in [3.05, 3.63) is 6.33 Å². The third-order valence-corrected chi connectivity index (χ3v) is 2.61. The predicted molar refractivity (Wildman–Crippen MR) is 76.9 cm³/mol. The number of aromatic amines is 1. The van der Waals surface area contributed by atoms with Gasteiger partial charge in [-0.2, -0.15) is 9.97 Å². The highest BCUT2D eigenvalue weighted by molar-refractivity contribution is 5.83. The Morgan fingerprint density at radius 2 is 2.20 bits per heavy atom. The number of rotatable bonds is 9. The smallest absolute Gasteiger partial charge is 0.226 e. The van der Waals surface area contributed by atoms with E-state index in [2.05, 4.69) is 30.6 Å². The maximum absolute atomic E-state index is 8.60. The standard InChI is InChI=1S/C12H20N6O2/c1-2-13-12-17-10(9-11(18-12)16-8-15-9)14-4-3-6-20-7-5-19/h8,19H,2-7H2,1H3,(H3,13,14,15,16,17,18). The van der Waals surface area contributed by atoms with Gasteiger partial charge >= 0.3 is 0 Å². The van der Waals surface area contributed by atoms with E-state index in [0.717, 1.165) is 30.8 Å². The maximum atomic E-state index is 8.60. The molecule has 0 saturated heterocycles. The van der Waals surface area contributed by atoms with Crippen molar-refractivity contribution in [3.8, 4) is 0 Å². The van der Waals surface area contributed by atoms with E-state index in [1.54, 1.807) is 6.33 Å². The van der Waals surface area contributed by atoms with Crippen LogP contribution in [0.3, 0.4) is 0 Å². The fraction of sp³-hybridized carbons (Fsp3) is 0.583. The predicted octanol–water partition coefficient (Wildman–Crippen LogP) is 0.596. The Balaban J connectivity index is 1.95. The summed E-state index contributed by atoms with van der Waals surface area (Å²) in [4.78, 5) is 15.9. The minimum Gasteiger partial charge on any atom is -0.394 e. The summed E-state index contributed by atoms with van der Waals surface area (Å²) >= 11 is 0. The summed E-state index contributed by atoms with van der Waals surface area (Å²) in [5.74, 6) is 1.29. The molecule has 0 aromatic carbocycles. The SMILES string of the molecule is CCNc1nc(NCCCOCCO)c2[nH]cnc2n1. The van der Waals surface area contributed by atoms with E-state index in [1.165, 1.54) is 0 Å². The molecular weight excluding hydrogens is 260 g/mol. The highest BCUT2D eigenvalue weighted by Crippen LogP contribution is 2.18. The summed E-state index contributed by atoms with van der Waals surface area (Å²) in [7, 11) is 0. The second-order valence-corrected chi connectivity index (χ2v) is 4.14. The molecule has 0 aliphatic heterocycles. The lowest BCUT2D eigenvalue weighted by molar-refractivity contribution is 0.0922. The number of aliphatic hydroxyl groups excluding tert-OH is 1. The minimum absolute atomic E-state index is 0.0557. The normalized spacial score (nSPS) is 10.9. The number of ether oxygens (including phenoxy) is 1. The number of nitrogens with one attached hydrogen (secondary N) is 3. The van der Waals surface area contributed by atoms with Crippen LogP contribution in [0.5, 0.6) is 0 Å². The third kappa shape index (κ3) is 3.78. The molecule has 2 rings (SSSR count). The third-order valence-electron chi connectivity index (χ3n) is 2.61. The van der Waals surface area contributed by atoms with E-state index in [1.807, 2.05) is 6.92 Å². The average Bonchev–Trinajstić information content (AvgIpc) is 2.91. The van der Waals surface area contributed by atoms with Gasteiger partial charge in [0, 0.05) is 19.7 Å². The first-order valence-electron chi connectivity index (χ1n) is 6.72. The van der Waals surface area contributed by atoms with Gasteiger partial charge < -0.3 is 25.5 Å². The van der Waals surface area contributed by atoms with Crippen LogP contribution < -0.4 is 10.6 Å². The van der Waals surface area contributed by atoms with Gasteiger partial charge in [-0.1, -0.05) is 0 Å². The summed E-state index contributed by atoms with van der Waals surface area (Å²) < 4.78 is 5.20. The first kappa shape index (κ1) is 14.5. The van der Waals surface area contributed by atoms with Gasteiger partial charge in [-0.15, -0.1) is 0 Å². The number of H-pyrrole nitrogens is 1. The van der Waals surface area contributed by atoms with Gasteiger partial charge in [0.1, 0.15) is 5.52 Å². The van der Waals surface area contributed by atoms with E-state index < -0.39 is 0 Å². The summed E-state index contributed by atoms with van der Waals surface area (Å²) in [5.41, 5.74) is 1.43. The van der Waals surface area contributed by atoms with Crippen LogP contribution in [-0.2, 0) is 4.74 Å². The molecule has 8 heteroatoms. The zero-order chi connectivity index (χ0) is 14.2. The molecule has 2 aromatic heterocycles. The Bertz CT molecular complexity index is 530. The van der Waals surface area contributed by atoms with Crippen LogP contribution in [0, 0.1) is 0 Å². The molecule has 4 N–H and O–H groups in total. The largest absolute Gasteiger partial charge is 0.394 e. The van der Waals surface area contributed by atoms with E-state index >= 15 is 0 Å². The first-order valence-corrected chi connectivity index (χ1v) is 6.72. The van der Waals surface area contributed by atoms with Crippen LogP contribution in [0.4, 0.5) is 11.8 Å². The van der Waals surface area contributed by atoms with Crippen molar-refractivity contribution in [1.82, 2.24) is 19.9 Å². The van der Waals surface area contributed by atoms with Crippen molar-refractivity contribution >= 4 is 22.9 Å². The molecule has 2 heterocycles. The van der Waals surface area contributed by atoms with Crippen LogP contribution >= 0.6 is 0 Å². The fourth-order valence-corrected chi connectivity index (χ4v) is 1.75. The molecule has 0 radical (unpaired) electrons. The molecule has 0 amide bonds. The van der Waals surface area contributed by atoms with Gasteiger partial charge in [0.2, 0.25) is 5.95 Å². The van der Waals surface area contributed by atoms with Gasteiger partial charge in [0.25, 0.3) is 0 Å². The van der Waals surface area contributed by atoms with Crippen LogP contribution in [0.1, 0.15) is 13.3 Å². The van der Waals surface area contributed by atoms with Crippen molar-refractivity contribution in [2.24, 2.45) is 0 Å². The summed E-state index contributed by atoms with van der Waals surface area (Å²) in [6.45, 7) is 4.50. The summed E-state index contributed by atoms with van der Waals surface area (Å²) in [6, 6.07) is 0. The van der Waals surface area contributed by atoms with E-state index in [-0.39, 0.29) is 6.61 Å². The number of hydrogen-bond acceptors (Lipinski definition) is 7. The second kappa shape index (κ2) is 7.61. The Morgan fingerprint density at radius 1 is 1.30 bits per heavy atom. The zero-order valence-electron chi connectivity index (χ0n) is 11.5. The Morgan fingerprint density at radius 3 is 3.00 bits per heavy atom. The number of nitrogens with zero attached hydrogens (tertiary/aromatic N) is 3. The molecule has 0 fully saturated rings. The Hall–Kier alpha value is -1.93. The lowest BCUT2D eigenvalue weighted by atomic mass is 10.4. The summed E-state index contributed by atoms with van der Waals surface area (Å²) in [6.07, 6.45) is 2.43. The van der Waals surface area contributed by atoms with Crippen molar-refractivity contribution < 1.29 is 9.84 Å². The van der Waals surface area contributed by atoms with E-state index in [0.29, 0.717) is 24.8 Å². The molecule has 110 valence electrons. The van der Waals surface area contributed by atoms with E-state index in [4.69, 9.17) is 9.84 Å². The van der Waals surface area contributed by atoms with Crippen molar-refractivity contribution in [3.63, 3.8) is 0 Å². The molecule has 0 bridgehead atoms. The topological polar surface area (TPSA) is 108 Å². The molecule has 0 unspecified atom stereocenters. The lowest BCUT2D eigenvalue weighted by Crippen LogP contribution is -2.10. The van der Waals surface area contributed by atoms with Crippen molar-refractivity contribution in [1.29, 1.82) is 0 Å². The van der Waals surface area contributed by atoms with Gasteiger partial charge in [-0.3, -0.25) is 0 Å². The zero-order valence-corrected chi connectivity index (χ0v) is 11.5. The van der Waals surface area contributed by atoms with Crippen LogP contribution in [-0.4, -0.2) is 58.0 Å². The van der Waals surface area contributed by atoms with Gasteiger partial charge in [-0.05, 0) is 13.3 Å². The number of imidazole rings is 1. The lowest BCUT2D eigenvalue weighted by Gasteiger charge is -2.08. The molecule has 0 saturated carbocycles. The number of hydrogen-bond donors (Lipinski definition) is 4. The Kier molecular flexibility index (Phi) is 5.51. The monoisotopic (exact) mass is 280 g/mol. The molecule has 2 aromatic rings. The van der Waals surface area contributed by atoms with Gasteiger partial charge in [0.15, 0.2) is 11.5 Å². The molecule has 0 atom stereocenters. The van der Waals surface area contributed by atoms with Gasteiger partial charge in [-0.25, -0.2) is 4.98 Å². The van der Waals surface area contributed by atoms with Crippen molar-refractivity contribution in [2.45, 2.75) is 13.3 Å². The number of aromatic nitrogens is 4. The average molecular weight is 280 g/mol. The highest BCUT2D eigenvalue weighted by atomic mass is 16.5.